The molecule has 3 rings (SSSR count). The summed E-state index contributed by atoms with van der Waals surface area (Å²) >= 11 is 0. The van der Waals surface area contributed by atoms with Gasteiger partial charge in [-0.05, 0) is 42.2 Å². The molecular formula is C20H22N4O. The second-order valence-corrected chi connectivity index (χ2v) is 6.18. The summed E-state index contributed by atoms with van der Waals surface area (Å²) in [5.74, 6) is 0.0250. The second kappa shape index (κ2) is 7.75. The van der Waals surface area contributed by atoms with E-state index in [9.17, 15) is 4.79 Å². The van der Waals surface area contributed by atoms with E-state index < -0.39 is 0 Å². The highest BCUT2D eigenvalue weighted by molar-refractivity contribution is 5.76. The summed E-state index contributed by atoms with van der Waals surface area (Å²) in [4.78, 5) is 16.3. The van der Waals surface area contributed by atoms with E-state index in [4.69, 9.17) is 0 Å². The van der Waals surface area contributed by atoms with Gasteiger partial charge in [0.25, 0.3) is 0 Å². The first-order valence-electron chi connectivity index (χ1n) is 8.40. The molecule has 0 saturated heterocycles. The minimum absolute atomic E-state index is 0.0250. The zero-order valence-corrected chi connectivity index (χ0v) is 14.5. The number of carbonyl (C=O) groups is 1. The number of aromatic nitrogens is 3. The van der Waals surface area contributed by atoms with Gasteiger partial charge in [-0.25, -0.2) is 0 Å². The quantitative estimate of drug-likeness (QED) is 0.750. The summed E-state index contributed by atoms with van der Waals surface area (Å²) < 4.78 is 1.79. The molecule has 1 aromatic carbocycles. The van der Waals surface area contributed by atoms with Gasteiger partial charge in [-0.3, -0.25) is 14.5 Å². The van der Waals surface area contributed by atoms with E-state index >= 15 is 0 Å². The third-order valence-corrected chi connectivity index (χ3v) is 4.11. The van der Waals surface area contributed by atoms with Gasteiger partial charge in [0.15, 0.2) is 0 Å². The second-order valence-electron chi connectivity index (χ2n) is 6.18. The summed E-state index contributed by atoms with van der Waals surface area (Å²) in [6, 6.07) is 12.1. The maximum Gasteiger partial charge on any atom is 0.222 e. The molecule has 0 aliphatic heterocycles. The van der Waals surface area contributed by atoms with Crippen LogP contribution in [0.15, 0.2) is 61.2 Å². The molecule has 1 amide bonds. The Morgan fingerprint density at radius 1 is 1.16 bits per heavy atom. The maximum atomic E-state index is 12.1. The summed E-state index contributed by atoms with van der Waals surface area (Å²) in [5.41, 5.74) is 4.38. The number of carbonyl (C=O) groups excluding carboxylic acids is 1. The van der Waals surface area contributed by atoms with Gasteiger partial charge in [-0.1, -0.05) is 30.3 Å². The summed E-state index contributed by atoms with van der Waals surface area (Å²) in [7, 11) is 0. The van der Waals surface area contributed by atoms with Gasteiger partial charge in [-0.15, -0.1) is 0 Å². The van der Waals surface area contributed by atoms with E-state index in [1.807, 2.05) is 50.5 Å². The fourth-order valence-electron chi connectivity index (χ4n) is 2.70. The van der Waals surface area contributed by atoms with Gasteiger partial charge in [0, 0.05) is 31.6 Å². The SMILES string of the molecule is Cc1cnn(CCC(=O)N[C@H](C)c2ccc(-c3cccnc3)cc2)c1. The number of hydrogen-bond acceptors (Lipinski definition) is 3. The lowest BCUT2D eigenvalue weighted by molar-refractivity contribution is -0.122. The molecule has 0 unspecified atom stereocenters. The predicted molar refractivity (Wildman–Crippen MR) is 97.8 cm³/mol. The van der Waals surface area contributed by atoms with Crippen molar-refractivity contribution in [1.82, 2.24) is 20.1 Å². The van der Waals surface area contributed by atoms with Crippen LogP contribution in [0.1, 0.15) is 30.5 Å². The topological polar surface area (TPSA) is 59.8 Å². The Morgan fingerprint density at radius 3 is 2.60 bits per heavy atom. The van der Waals surface area contributed by atoms with Gasteiger partial charge in [0.05, 0.1) is 12.2 Å². The van der Waals surface area contributed by atoms with Crippen LogP contribution in [0.3, 0.4) is 0 Å². The smallest absolute Gasteiger partial charge is 0.222 e. The number of benzene rings is 1. The molecule has 1 N–H and O–H groups in total. The van der Waals surface area contributed by atoms with Crippen molar-refractivity contribution in [1.29, 1.82) is 0 Å². The molecule has 0 radical (unpaired) electrons. The van der Waals surface area contributed by atoms with Crippen LogP contribution in [-0.4, -0.2) is 20.7 Å². The van der Waals surface area contributed by atoms with Gasteiger partial charge in [0.1, 0.15) is 0 Å². The van der Waals surface area contributed by atoms with Crippen LogP contribution in [-0.2, 0) is 11.3 Å². The van der Waals surface area contributed by atoms with Gasteiger partial charge in [-0.2, -0.15) is 5.10 Å². The standard InChI is InChI=1S/C20H22N4O/c1-15-12-22-24(14-15)11-9-20(25)23-16(2)17-5-7-18(8-6-17)19-4-3-10-21-13-19/h3-8,10,12-14,16H,9,11H2,1-2H3,(H,23,25)/t16-/m1/s1. The lowest BCUT2D eigenvalue weighted by Crippen LogP contribution is -2.27. The summed E-state index contributed by atoms with van der Waals surface area (Å²) in [5, 5.41) is 7.24. The third kappa shape index (κ3) is 4.53. The van der Waals surface area contributed by atoms with Crippen LogP contribution < -0.4 is 5.32 Å². The van der Waals surface area contributed by atoms with E-state index in [1.54, 1.807) is 17.1 Å². The van der Waals surface area contributed by atoms with Crippen LogP contribution in [0.4, 0.5) is 0 Å². The van der Waals surface area contributed by atoms with Crippen molar-refractivity contribution in [3.05, 3.63) is 72.3 Å². The molecule has 0 saturated carbocycles. The molecule has 1 atom stereocenters. The molecule has 5 nitrogen and oxygen atoms in total. The van der Waals surface area contributed by atoms with Crippen molar-refractivity contribution in [3.8, 4) is 11.1 Å². The highest BCUT2D eigenvalue weighted by atomic mass is 16.1. The normalized spacial score (nSPS) is 11.9. The number of nitrogens with one attached hydrogen (secondary N) is 1. The zero-order valence-electron chi connectivity index (χ0n) is 14.5. The number of amides is 1. The van der Waals surface area contributed by atoms with E-state index in [1.165, 1.54) is 0 Å². The van der Waals surface area contributed by atoms with E-state index in [0.717, 1.165) is 22.3 Å². The first-order valence-corrected chi connectivity index (χ1v) is 8.40. The molecule has 0 fully saturated rings. The van der Waals surface area contributed by atoms with E-state index in [0.29, 0.717) is 13.0 Å². The molecule has 25 heavy (non-hydrogen) atoms. The van der Waals surface area contributed by atoms with E-state index in [2.05, 4.69) is 27.5 Å². The molecule has 2 heterocycles. The van der Waals surface area contributed by atoms with Crippen molar-refractivity contribution in [2.24, 2.45) is 0 Å². The van der Waals surface area contributed by atoms with Crippen LogP contribution in [0.5, 0.6) is 0 Å². The maximum absolute atomic E-state index is 12.1. The van der Waals surface area contributed by atoms with Gasteiger partial charge in [0.2, 0.25) is 5.91 Å². The fraction of sp³-hybridized carbons (Fsp3) is 0.250. The Hall–Kier alpha value is -2.95. The largest absolute Gasteiger partial charge is 0.350 e. The Kier molecular flexibility index (Phi) is 5.23. The Bertz CT molecular complexity index is 824. The summed E-state index contributed by atoms with van der Waals surface area (Å²) in [6.45, 7) is 4.57. The molecule has 2 aromatic heterocycles. The number of aryl methyl sites for hydroxylation is 2. The highest BCUT2D eigenvalue weighted by Gasteiger charge is 2.10. The van der Waals surface area contributed by atoms with Crippen molar-refractivity contribution >= 4 is 5.91 Å². The van der Waals surface area contributed by atoms with E-state index in [-0.39, 0.29) is 11.9 Å². The van der Waals surface area contributed by atoms with Crippen molar-refractivity contribution in [2.75, 3.05) is 0 Å². The van der Waals surface area contributed by atoms with Gasteiger partial charge < -0.3 is 5.32 Å². The first-order chi connectivity index (χ1) is 12.1. The Morgan fingerprint density at radius 2 is 1.96 bits per heavy atom. The molecule has 0 spiro atoms. The predicted octanol–water partition coefficient (Wildman–Crippen LogP) is 3.52. The van der Waals surface area contributed by atoms with Gasteiger partial charge >= 0.3 is 0 Å². The van der Waals surface area contributed by atoms with Crippen LogP contribution >= 0.6 is 0 Å². The number of pyridine rings is 1. The average molecular weight is 334 g/mol. The fourth-order valence-corrected chi connectivity index (χ4v) is 2.70. The first kappa shape index (κ1) is 16.9. The Labute approximate surface area is 147 Å². The molecule has 128 valence electrons. The lowest BCUT2D eigenvalue weighted by Gasteiger charge is -2.15. The van der Waals surface area contributed by atoms with Crippen molar-refractivity contribution in [3.63, 3.8) is 0 Å². The minimum atomic E-state index is -0.0326. The monoisotopic (exact) mass is 334 g/mol. The lowest BCUT2D eigenvalue weighted by atomic mass is 10.0. The van der Waals surface area contributed by atoms with Crippen LogP contribution in [0, 0.1) is 6.92 Å². The molecule has 0 aliphatic carbocycles. The summed E-state index contributed by atoms with van der Waals surface area (Å²) in [6.07, 6.45) is 7.76. The molecular weight excluding hydrogens is 312 g/mol. The average Bonchev–Trinajstić information content (AvgIpc) is 3.06. The third-order valence-electron chi connectivity index (χ3n) is 4.11. The van der Waals surface area contributed by atoms with Crippen molar-refractivity contribution < 1.29 is 4.79 Å². The molecule has 0 aliphatic rings. The molecule has 5 heteroatoms. The number of hydrogen-bond donors (Lipinski definition) is 1. The van der Waals surface area contributed by atoms with Crippen LogP contribution in [0.2, 0.25) is 0 Å². The number of nitrogens with zero attached hydrogens (tertiary/aromatic N) is 3. The van der Waals surface area contributed by atoms with Crippen molar-refractivity contribution in [2.45, 2.75) is 32.9 Å². The molecule has 3 aromatic rings. The Balaban J connectivity index is 1.55. The van der Waals surface area contributed by atoms with Crippen LogP contribution in [0.25, 0.3) is 11.1 Å². The molecule has 0 bridgehead atoms. The number of rotatable bonds is 6. The minimum Gasteiger partial charge on any atom is -0.350 e. The zero-order chi connectivity index (χ0) is 17.6. The highest BCUT2D eigenvalue weighted by Crippen LogP contribution is 2.21.